The Hall–Kier alpha value is -2.74. The third-order valence-electron chi connectivity index (χ3n) is 2.73. The predicted octanol–water partition coefficient (Wildman–Crippen LogP) is 3.08. The van der Waals surface area contributed by atoms with Crippen molar-refractivity contribution in [2.45, 2.75) is 13.0 Å². The van der Waals surface area contributed by atoms with Crippen LogP contribution >= 0.6 is 0 Å². The Labute approximate surface area is 116 Å². The van der Waals surface area contributed by atoms with Gasteiger partial charge in [0.25, 0.3) is 0 Å². The maximum absolute atomic E-state index is 11.3. The van der Waals surface area contributed by atoms with Crippen LogP contribution in [0.3, 0.4) is 0 Å². The first-order valence-corrected chi connectivity index (χ1v) is 5.99. The second kappa shape index (κ2) is 5.93. The minimum atomic E-state index is -0.541. The van der Waals surface area contributed by atoms with Crippen molar-refractivity contribution < 1.29 is 18.7 Å². The van der Waals surface area contributed by atoms with E-state index in [2.05, 4.69) is 10.8 Å². The number of benzene rings is 1. The number of hydrogen-bond acceptors (Lipinski definition) is 5. The molecule has 20 heavy (non-hydrogen) atoms. The average Bonchev–Trinajstić information content (AvgIpc) is 2.97. The number of ether oxygens (including phenoxy) is 2. The molecule has 102 valence electrons. The van der Waals surface area contributed by atoms with Gasteiger partial charge >= 0.3 is 5.97 Å². The summed E-state index contributed by atoms with van der Waals surface area (Å²) < 4.78 is 15.6. The topological polar surface area (TPSA) is 72.5 Å². The molecule has 0 amide bonds. The first-order valence-electron chi connectivity index (χ1n) is 5.99. The van der Waals surface area contributed by atoms with Gasteiger partial charge in [0.2, 0.25) is 5.76 Å². The van der Waals surface area contributed by atoms with Gasteiger partial charge < -0.3 is 13.9 Å². The van der Waals surface area contributed by atoms with E-state index in [1.807, 2.05) is 0 Å². The average molecular weight is 271 g/mol. The fourth-order valence-corrected chi connectivity index (χ4v) is 1.69. The number of nitrogens with zero attached hydrogens (tertiary/aromatic N) is 1. The number of esters is 1. The molecule has 0 N–H and O–H groups in total. The zero-order valence-electron chi connectivity index (χ0n) is 11.1. The summed E-state index contributed by atoms with van der Waals surface area (Å²) in [6.07, 6.45) is -0.428. The molecule has 0 bridgehead atoms. The molecular formula is C15H13NO4. The molecule has 0 fully saturated rings. The lowest BCUT2D eigenvalue weighted by Gasteiger charge is -2.13. The first-order chi connectivity index (χ1) is 9.65. The number of furan rings is 1. The maximum atomic E-state index is 11.3. The van der Waals surface area contributed by atoms with Crippen LogP contribution in [0.5, 0.6) is 5.75 Å². The molecule has 2 aromatic rings. The van der Waals surface area contributed by atoms with E-state index < -0.39 is 12.1 Å². The monoisotopic (exact) mass is 271 g/mol. The van der Waals surface area contributed by atoms with Gasteiger partial charge in [0, 0.05) is 0 Å². The van der Waals surface area contributed by atoms with Crippen molar-refractivity contribution in [2.75, 3.05) is 7.11 Å². The summed E-state index contributed by atoms with van der Waals surface area (Å²) in [6.45, 7) is 1.77. The number of methoxy groups -OCH3 is 1. The largest absolute Gasteiger partial charge is 0.481 e. The Balaban J connectivity index is 2.16. The van der Waals surface area contributed by atoms with Gasteiger partial charge in [0.15, 0.2) is 6.10 Å². The van der Waals surface area contributed by atoms with E-state index in [0.717, 1.165) is 0 Å². The van der Waals surface area contributed by atoms with Gasteiger partial charge in [0.05, 0.1) is 12.7 Å². The second-order valence-corrected chi connectivity index (χ2v) is 4.06. The van der Waals surface area contributed by atoms with E-state index in [1.54, 1.807) is 37.3 Å². The fraction of sp³-hybridized carbons (Fsp3) is 0.200. The van der Waals surface area contributed by atoms with Gasteiger partial charge in [0.1, 0.15) is 17.6 Å². The van der Waals surface area contributed by atoms with Gasteiger partial charge in [-0.05, 0) is 31.2 Å². The molecule has 0 aliphatic carbocycles. The van der Waals surface area contributed by atoms with Crippen LogP contribution in [0.2, 0.25) is 0 Å². The molecule has 0 aliphatic rings. The summed E-state index contributed by atoms with van der Waals surface area (Å²) in [7, 11) is 1.29. The number of rotatable bonds is 4. The molecule has 1 heterocycles. The number of para-hydroxylation sites is 1. The van der Waals surface area contributed by atoms with Gasteiger partial charge in [-0.2, -0.15) is 5.26 Å². The fourth-order valence-electron chi connectivity index (χ4n) is 1.69. The Morgan fingerprint density at radius 1 is 1.30 bits per heavy atom. The van der Waals surface area contributed by atoms with E-state index in [9.17, 15) is 4.79 Å². The molecule has 0 radical (unpaired) electrons. The summed E-state index contributed by atoms with van der Waals surface area (Å²) in [4.78, 5) is 11.3. The van der Waals surface area contributed by atoms with Crippen molar-refractivity contribution in [3.05, 3.63) is 53.5 Å². The number of hydrogen-bond donors (Lipinski definition) is 0. The van der Waals surface area contributed by atoms with Crippen molar-refractivity contribution in [1.29, 1.82) is 5.26 Å². The van der Waals surface area contributed by atoms with Crippen LogP contribution < -0.4 is 4.74 Å². The van der Waals surface area contributed by atoms with E-state index >= 15 is 0 Å². The number of carbonyl (C=O) groups excluding carboxylic acids is 1. The van der Waals surface area contributed by atoms with Crippen LogP contribution in [0.4, 0.5) is 0 Å². The SMILES string of the molecule is COC(=O)c1ccc(C(C)Oc2ccccc2C#N)o1. The molecule has 1 atom stereocenters. The minimum absolute atomic E-state index is 0.117. The first kappa shape index (κ1) is 13.7. The molecule has 5 heteroatoms. The highest BCUT2D eigenvalue weighted by atomic mass is 16.5. The maximum Gasteiger partial charge on any atom is 0.373 e. The molecule has 0 spiro atoms. The standard InChI is InChI=1S/C15H13NO4/c1-10(12-7-8-14(20-12)15(17)18-2)19-13-6-4-3-5-11(13)9-16/h3-8,10H,1-2H3. The van der Waals surface area contributed by atoms with E-state index in [-0.39, 0.29) is 5.76 Å². The Bertz CT molecular complexity index is 654. The summed E-state index contributed by atoms with van der Waals surface area (Å²) in [5, 5.41) is 9.00. The third-order valence-corrected chi connectivity index (χ3v) is 2.73. The Morgan fingerprint density at radius 3 is 2.75 bits per heavy atom. The summed E-state index contributed by atoms with van der Waals surface area (Å²) in [5.41, 5.74) is 0.444. The van der Waals surface area contributed by atoms with Crippen LogP contribution in [-0.2, 0) is 4.74 Å². The van der Waals surface area contributed by atoms with Crippen molar-refractivity contribution >= 4 is 5.97 Å². The smallest absolute Gasteiger partial charge is 0.373 e. The van der Waals surface area contributed by atoms with Crippen molar-refractivity contribution in [1.82, 2.24) is 0 Å². The Kier molecular flexibility index (Phi) is 4.06. The highest BCUT2D eigenvalue weighted by Crippen LogP contribution is 2.26. The van der Waals surface area contributed by atoms with Gasteiger partial charge in [-0.1, -0.05) is 12.1 Å². The predicted molar refractivity (Wildman–Crippen MR) is 70.2 cm³/mol. The highest BCUT2D eigenvalue weighted by molar-refractivity contribution is 5.86. The zero-order valence-corrected chi connectivity index (χ0v) is 11.1. The van der Waals surface area contributed by atoms with Crippen LogP contribution in [0.25, 0.3) is 0 Å². The van der Waals surface area contributed by atoms with E-state index in [0.29, 0.717) is 17.1 Å². The summed E-state index contributed by atoms with van der Waals surface area (Å²) in [5.74, 6) is 0.532. The molecule has 1 unspecified atom stereocenters. The molecule has 2 rings (SSSR count). The molecule has 0 aliphatic heterocycles. The molecule has 0 saturated heterocycles. The van der Waals surface area contributed by atoms with Crippen LogP contribution in [-0.4, -0.2) is 13.1 Å². The molecule has 0 saturated carbocycles. The lowest BCUT2D eigenvalue weighted by atomic mass is 10.2. The quantitative estimate of drug-likeness (QED) is 0.799. The van der Waals surface area contributed by atoms with Gasteiger partial charge in [-0.25, -0.2) is 4.79 Å². The molecular weight excluding hydrogens is 258 g/mol. The minimum Gasteiger partial charge on any atom is -0.481 e. The zero-order chi connectivity index (χ0) is 14.5. The molecule has 5 nitrogen and oxygen atoms in total. The van der Waals surface area contributed by atoms with Crippen LogP contribution in [0.1, 0.15) is 34.9 Å². The Morgan fingerprint density at radius 2 is 2.05 bits per heavy atom. The van der Waals surface area contributed by atoms with Crippen molar-refractivity contribution in [3.8, 4) is 11.8 Å². The van der Waals surface area contributed by atoms with Crippen LogP contribution in [0.15, 0.2) is 40.8 Å². The third kappa shape index (κ3) is 2.81. The normalized spacial score (nSPS) is 11.4. The summed E-state index contributed by atoms with van der Waals surface area (Å²) in [6, 6.07) is 12.1. The lowest BCUT2D eigenvalue weighted by Crippen LogP contribution is -2.03. The number of nitriles is 1. The van der Waals surface area contributed by atoms with Crippen LogP contribution in [0, 0.1) is 11.3 Å². The number of carbonyl (C=O) groups is 1. The highest BCUT2D eigenvalue weighted by Gasteiger charge is 2.17. The van der Waals surface area contributed by atoms with E-state index in [1.165, 1.54) is 13.2 Å². The molecule has 1 aromatic heterocycles. The second-order valence-electron chi connectivity index (χ2n) is 4.06. The van der Waals surface area contributed by atoms with Crippen molar-refractivity contribution in [2.24, 2.45) is 0 Å². The van der Waals surface area contributed by atoms with Gasteiger partial charge in [-0.3, -0.25) is 0 Å². The summed E-state index contributed by atoms with van der Waals surface area (Å²) >= 11 is 0. The molecule has 1 aromatic carbocycles. The lowest BCUT2D eigenvalue weighted by molar-refractivity contribution is 0.0558. The van der Waals surface area contributed by atoms with E-state index in [4.69, 9.17) is 14.4 Å². The van der Waals surface area contributed by atoms with Crippen molar-refractivity contribution in [3.63, 3.8) is 0 Å². The van der Waals surface area contributed by atoms with Gasteiger partial charge in [-0.15, -0.1) is 0 Å².